The van der Waals surface area contributed by atoms with E-state index < -0.39 is 0 Å². The number of hydrogen-bond donors (Lipinski definition) is 0. The van der Waals surface area contributed by atoms with Crippen LogP contribution in [0.1, 0.15) is 20.8 Å². The van der Waals surface area contributed by atoms with Crippen molar-refractivity contribution in [1.82, 2.24) is 0 Å². The Morgan fingerprint density at radius 2 is 2.00 bits per heavy atom. The summed E-state index contributed by atoms with van der Waals surface area (Å²) in [5.41, 5.74) is 0. The third-order valence-corrected chi connectivity index (χ3v) is 1.35. The molecule has 0 aliphatic carbocycles. The van der Waals surface area contributed by atoms with E-state index in [1.807, 2.05) is 0 Å². The zero-order chi connectivity index (χ0) is 8.15. The van der Waals surface area contributed by atoms with Crippen LogP contribution in [-0.4, -0.2) is 0 Å². The lowest BCUT2D eigenvalue weighted by molar-refractivity contribution is 0.518. The summed E-state index contributed by atoms with van der Waals surface area (Å²) in [6.45, 7) is 5.33. The summed E-state index contributed by atoms with van der Waals surface area (Å²) in [4.78, 5) is 0. The van der Waals surface area contributed by atoms with Gasteiger partial charge in [-0.05, 0) is 13.0 Å². The highest BCUT2D eigenvalue weighted by molar-refractivity contribution is 6.31. The molecule has 0 aromatic rings. The van der Waals surface area contributed by atoms with Crippen molar-refractivity contribution in [2.75, 3.05) is 0 Å². The summed E-state index contributed by atoms with van der Waals surface area (Å²) in [5.74, 6) is -0.372. The standard InChI is InChI=1S/C8H12ClF/c1-4-5-7(9)8(10)6(2)3/h4-6H,1-3H3/b5-4-,8-7-. The third kappa shape index (κ3) is 3.02. The van der Waals surface area contributed by atoms with E-state index in [-0.39, 0.29) is 16.8 Å². The van der Waals surface area contributed by atoms with Gasteiger partial charge in [-0.15, -0.1) is 0 Å². The molecule has 0 heterocycles. The third-order valence-electron chi connectivity index (χ3n) is 1.05. The maximum Gasteiger partial charge on any atom is 0.121 e. The summed E-state index contributed by atoms with van der Waals surface area (Å²) < 4.78 is 12.8. The predicted octanol–water partition coefficient (Wildman–Crippen LogP) is 3.64. The first-order valence-corrected chi connectivity index (χ1v) is 3.65. The topological polar surface area (TPSA) is 0 Å². The molecule has 0 N–H and O–H groups in total. The Balaban J connectivity index is 4.34. The summed E-state index contributed by atoms with van der Waals surface area (Å²) >= 11 is 5.54. The molecule has 10 heavy (non-hydrogen) atoms. The molecule has 0 aromatic heterocycles. The highest BCUT2D eigenvalue weighted by atomic mass is 35.5. The van der Waals surface area contributed by atoms with E-state index in [0.29, 0.717) is 0 Å². The van der Waals surface area contributed by atoms with Crippen LogP contribution in [0, 0.1) is 5.92 Å². The summed E-state index contributed by atoms with van der Waals surface area (Å²) in [6, 6.07) is 0. The van der Waals surface area contributed by atoms with E-state index in [2.05, 4.69) is 0 Å². The molecule has 0 spiro atoms. The molecule has 0 aliphatic rings. The Bertz CT molecular complexity index is 157. The van der Waals surface area contributed by atoms with Crippen LogP contribution in [0.5, 0.6) is 0 Å². The molecule has 0 fully saturated rings. The molecule has 0 saturated heterocycles. The zero-order valence-electron chi connectivity index (χ0n) is 6.49. The molecule has 0 atom stereocenters. The Hall–Kier alpha value is -0.300. The van der Waals surface area contributed by atoms with E-state index in [4.69, 9.17) is 11.6 Å². The molecular weight excluding hydrogens is 151 g/mol. The van der Waals surface area contributed by atoms with Gasteiger partial charge in [0, 0.05) is 5.92 Å². The molecular formula is C8H12ClF. The summed E-state index contributed by atoms with van der Waals surface area (Å²) in [5, 5.41) is 0.206. The van der Waals surface area contributed by atoms with Gasteiger partial charge in [-0.25, -0.2) is 4.39 Å². The molecule has 0 amide bonds. The lowest BCUT2D eigenvalue weighted by Gasteiger charge is -2.00. The van der Waals surface area contributed by atoms with Crippen molar-refractivity contribution in [3.63, 3.8) is 0 Å². The van der Waals surface area contributed by atoms with E-state index in [0.717, 1.165) is 0 Å². The smallest absolute Gasteiger partial charge is 0.121 e. The van der Waals surface area contributed by atoms with Gasteiger partial charge in [-0.2, -0.15) is 0 Å². The first kappa shape index (κ1) is 9.70. The van der Waals surface area contributed by atoms with Crippen LogP contribution < -0.4 is 0 Å². The molecule has 0 bridgehead atoms. The van der Waals surface area contributed by atoms with Crippen LogP contribution in [0.25, 0.3) is 0 Å². The monoisotopic (exact) mass is 162 g/mol. The predicted molar refractivity (Wildman–Crippen MR) is 43.6 cm³/mol. The van der Waals surface area contributed by atoms with Crippen molar-refractivity contribution in [2.45, 2.75) is 20.8 Å². The number of hydrogen-bond acceptors (Lipinski definition) is 0. The normalized spacial score (nSPS) is 14.6. The number of halogens is 2. The molecule has 0 saturated carbocycles. The molecule has 0 aliphatic heterocycles. The lowest BCUT2D eigenvalue weighted by Crippen LogP contribution is -1.88. The van der Waals surface area contributed by atoms with Crippen LogP contribution >= 0.6 is 11.6 Å². The summed E-state index contributed by atoms with van der Waals surface area (Å²) in [7, 11) is 0. The first-order chi connectivity index (χ1) is 4.59. The minimum absolute atomic E-state index is 0.122. The average Bonchev–Trinajstić information content (AvgIpc) is 1.87. The average molecular weight is 163 g/mol. The second-order valence-corrected chi connectivity index (χ2v) is 2.76. The van der Waals surface area contributed by atoms with Gasteiger partial charge in [0.25, 0.3) is 0 Å². The SMILES string of the molecule is C/C=C\C(Cl)=C(\F)C(C)C. The van der Waals surface area contributed by atoms with E-state index in [1.54, 1.807) is 32.9 Å². The highest BCUT2D eigenvalue weighted by Crippen LogP contribution is 2.19. The second kappa shape index (κ2) is 4.51. The van der Waals surface area contributed by atoms with Crippen molar-refractivity contribution < 1.29 is 4.39 Å². The Morgan fingerprint density at radius 3 is 2.30 bits per heavy atom. The fourth-order valence-corrected chi connectivity index (χ4v) is 0.846. The Kier molecular flexibility index (Phi) is 4.37. The number of allylic oxidation sites excluding steroid dienone is 4. The molecule has 0 radical (unpaired) electrons. The quantitative estimate of drug-likeness (QED) is 0.544. The van der Waals surface area contributed by atoms with Gasteiger partial charge in [0.05, 0.1) is 5.03 Å². The summed E-state index contributed by atoms with van der Waals surface area (Å²) in [6.07, 6.45) is 3.27. The zero-order valence-corrected chi connectivity index (χ0v) is 7.24. The molecule has 0 rings (SSSR count). The van der Waals surface area contributed by atoms with Crippen molar-refractivity contribution in [2.24, 2.45) is 5.92 Å². The van der Waals surface area contributed by atoms with E-state index >= 15 is 0 Å². The van der Waals surface area contributed by atoms with Gasteiger partial charge in [-0.3, -0.25) is 0 Å². The fourth-order valence-electron chi connectivity index (χ4n) is 0.502. The first-order valence-electron chi connectivity index (χ1n) is 3.27. The largest absolute Gasteiger partial charge is 0.210 e. The van der Waals surface area contributed by atoms with Gasteiger partial charge in [-0.1, -0.05) is 31.5 Å². The van der Waals surface area contributed by atoms with Crippen molar-refractivity contribution in [3.05, 3.63) is 23.0 Å². The van der Waals surface area contributed by atoms with E-state index in [1.165, 1.54) is 0 Å². The second-order valence-electron chi connectivity index (χ2n) is 2.35. The van der Waals surface area contributed by atoms with Gasteiger partial charge in [0.1, 0.15) is 5.83 Å². The van der Waals surface area contributed by atoms with Crippen LogP contribution in [0.3, 0.4) is 0 Å². The lowest BCUT2D eigenvalue weighted by atomic mass is 10.2. The fraction of sp³-hybridized carbons (Fsp3) is 0.500. The van der Waals surface area contributed by atoms with Crippen molar-refractivity contribution >= 4 is 11.6 Å². The van der Waals surface area contributed by atoms with Crippen LogP contribution in [0.15, 0.2) is 23.0 Å². The van der Waals surface area contributed by atoms with Gasteiger partial charge in [0.2, 0.25) is 0 Å². The van der Waals surface area contributed by atoms with Crippen molar-refractivity contribution in [1.29, 1.82) is 0 Å². The van der Waals surface area contributed by atoms with Gasteiger partial charge in [0.15, 0.2) is 0 Å². The maximum absolute atomic E-state index is 12.8. The Labute approximate surface area is 66.4 Å². The molecule has 58 valence electrons. The minimum atomic E-state index is -0.250. The number of rotatable bonds is 2. The Morgan fingerprint density at radius 1 is 1.50 bits per heavy atom. The molecule has 0 nitrogen and oxygen atoms in total. The molecule has 2 heteroatoms. The molecule has 0 aromatic carbocycles. The van der Waals surface area contributed by atoms with Gasteiger partial charge < -0.3 is 0 Å². The van der Waals surface area contributed by atoms with E-state index in [9.17, 15) is 4.39 Å². The van der Waals surface area contributed by atoms with Crippen LogP contribution in [0.2, 0.25) is 0 Å². The minimum Gasteiger partial charge on any atom is -0.210 e. The van der Waals surface area contributed by atoms with Gasteiger partial charge >= 0.3 is 0 Å². The van der Waals surface area contributed by atoms with Crippen LogP contribution in [-0.2, 0) is 0 Å². The van der Waals surface area contributed by atoms with Crippen molar-refractivity contribution in [3.8, 4) is 0 Å². The molecule has 0 unspecified atom stereocenters. The maximum atomic E-state index is 12.8. The van der Waals surface area contributed by atoms with Crippen LogP contribution in [0.4, 0.5) is 4.39 Å². The highest BCUT2D eigenvalue weighted by Gasteiger charge is 2.04.